The van der Waals surface area contributed by atoms with Crippen molar-refractivity contribution in [2.75, 3.05) is 33.3 Å². The molecule has 1 amide bonds. The molecule has 4 fully saturated rings. The van der Waals surface area contributed by atoms with E-state index in [1.165, 1.54) is 19.3 Å². The van der Waals surface area contributed by atoms with Crippen LogP contribution in [0.3, 0.4) is 0 Å². The zero-order valence-electron chi connectivity index (χ0n) is 15.6. The number of carbonyl (C=O) groups excluding carboxylic acids is 1. The van der Waals surface area contributed by atoms with Crippen LogP contribution in [0.15, 0.2) is 4.99 Å². The lowest BCUT2D eigenvalue weighted by Gasteiger charge is -2.61. The second-order valence-corrected chi connectivity index (χ2v) is 8.49. The Kier molecular flexibility index (Phi) is 4.42. The third kappa shape index (κ3) is 2.82. The maximum absolute atomic E-state index is 11.7. The molecule has 2 spiro atoms. The van der Waals surface area contributed by atoms with Crippen molar-refractivity contribution in [2.24, 2.45) is 15.8 Å². The first-order valence-corrected chi connectivity index (χ1v) is 9.97. The summed E-state index contributed by atoms with van der Waals surface area (Å²) in [6.45, 7) is 5.68. The predicted molar refractivity (Wildman–Crippen MR) is 97.5 cm³/mol. The molecular formula is C19H32N4O2. The van der Waals surface area contributed by atoms with E-state index in [-0.39, 0.29) is 11.3 Å². The first kappa shape index (κ1) is 17.1. The predicted octanol–water partition coefficient (Wildman–Crippen LogP) is 1.51. The molecule has 2 N–H and O–H groups in total. The summed E-state index contributed by atoms with van der Waals surface area (Å²) >= 11 is 0. The zero-order chi connectivity index (χ0) is 17.5. The van der Waals surface area contributed by atoms with Crippen LogP contribution >= 0.6 is 0 Å². The molecule has 4 rings (SSSR count). The van der Waals surface area contributed by atoms with Gasteiger partial charge in [-0.1, -0.05) is 6.42 Å². The van der Waals surface area contributed by atoms with Gasteiger partial charge in [0.15, 0.2) is 5.96 Å². The maximum atomic E-state index is 11.7. The molecule has 2 saturated heterocycles. The van der Waals surface area contributed by atoms with Gasteiger partial charge in [-0.2, -0.15) is 0 Å². The first-order valence-electron chi connectivity index (χ1n) is 9.97. The number of hydrogen-bond acceptors (Lipinski definition) is 3. The summed E-state index contributed by atoms with van der Waals surface area (Å²) in [6.07, 6.45) is 8.31. The number of rotatable bonds is 3. The van der Waals surface area contributed by atoms with Crippen molar-refractivity contribution in [1.82, 2.24) is 15.5 Å². The van der Waals surface area contributed by atoms with Gasteiger partial charge in [0.1, 0.15) is 0 Å². The Morgan fingerprint density at radius 3 is 2.84 bits per heavy atom. The Hall–Kier alpha value is -1.30. The second kappa shape index (κ2) is 6.45. The molecule has 0 radical (unpaired) electrons. The summed E-state index contributed by atoms with van der Waals surface area (Å²) in [5.41, 5.74) is 0.443. The van der Waals surface area contributed by atoms with Gasteiger partial charge in [0.25, 0.3) is 0 Å². The Bertz CT molecular complexity index is 560. The van der Waals surface area contributed by atoms with E-state index < -0.39 is 0 Å². The number of likely N-dealkylation sites (tertiary alicyclic amines) is 1. The molecule has 3 unspecified atom stereocenters. The van der Waals surface area contributed by atoms with Gasteiger partial charge in [-0.3, -0.25) is 9.79 Å². The van der Waals surface area contributed by atoms with Crippen molar-refractivity contribution in [3.8, 4) is 0 Å². The van der Waals surface area contributed by atoms with Crippen LogP contribution in [0.25, 0.3) is 0 Å². The van der Waals surface area contributed by atoms with Crippen molar-refractivity contribution < 1.29 is 9.53 Å². The van der Waals surface area contributed by atoms with Gasteiger partial charge in [-0.05, 0) is 39.0 Å². The summed E-state index contributed by atoms with van der Waals surface area (Å²) in [5, 5.41) is 6.79. The Labute approximate surface area is 150 Å². The van der Waals surface area contributed by atoms with Gasteiger partial charge in [-0.25, -0.2) is 0 Å². The largest absolute Gasteiger partial charge is 0.378 e. The smallest absolute Gasteiger partial charge is 0.220 e. The van der Waals surface area contributed by atoms with Gasteiger partial charge in [0.05, 0.1) is 6.10 Å². The second-order valence-electron chi connectivity index (χ2n) is 8.49. The molecule has 140 valence electrons. The molecular weight excluding hydrogens is 316 g/mol. The van der Waals surface area contributed by atoms with E-state index in [1.54, 1.807) is 0 Å². The fourth-order valence-electron chi connectivity index (χ4n) is 5.52. The molecule has 6 heteroatoms. The fraction of sp³-hybridized carbons (Fsp3) is 0.895. The fourth-order valence-corrected chi connectivity index (χ4v) is 5.52. The van der Waals surface area contributed by atoms with Crippen LogP contribution in [0, 0.1) is 10.8 Å². The Morgan fingerprint density at radius 2 is 2.24 bits per heavy atom. The molecule has 6 nitrogen and oxygen atoms in total. The number of guanidine groups is 1. The van der Waals surface area contributed by atoms with Gasteiger partial charge >= 0.3 is 0 Å². The van der Waals surface area contributed by atoms with E-state index >= 15 is 0 Å². The molecule has 2 heterocycles. The Morgan fingerprint density at radius 1 is 1.40 bits per heavy atom. The molecule has 2 aliphatic heterocycles. The third-order valence-electron chi connectivity index (χ3n) is 7.11. The van der Waals surface area contributed by atoms with Gasteiger partial charge in [0, 0.05) is 56.6 Å². The van der Waals surface area contributed by atoms with Gasteiger partial charge in [-0.15, -0.1) is 0 Å². The summed E-state index contributed by atoms with van der Waals surface area (Å²) in [5.74, 6) is 1.22. The molecule has 4 aliphatic rings. The third-order valence-corrected chi connectivity index (χ3v) is 7.11. The molecule has 25 heavy (non-hydrogen) atoms. The average Bonchev–Trinajstić information content (AvgIpc) is 2.89. The highest BCUT2D eigenvalue weighted by molar-refractivity contribution is 5.82. The minimum Gasteiger partial charge on any atom is -0.378 e. The molecule has 0 bridgehead atoms. The van der Waals surface area contributed by atoms with Crippen molar-refractivity contribution in [3.63, 3.8) is 0 Å². The summed E-state index contributed by atoms with van der Waals surface area (Å²) in [4.78, 5) is 18.7. The number of ether oxygens (including phenoxy) is 1. The van der Waals surface area contributed by atoms with Gasteiger partial charge in [0.2, 0.25) is 5.91 Å². The highest BCUT2D eigenvalue weighted by Crippen LogP contribution is 2.57. The van der Waals surface area contributed by atoms with Crippen molar-refractivity contribution >= 4 is 11.9 Å². The number of amides is 1. The van der Waals surface area contributed by atoms with Crippen LogP contribution in [0.2, 0.25) is 0 Å². The van der Waals surface area contributed by atoms with E-state index in [4.69, 9.17) is 4.74 Å². The van der Waals surface area contributed by atoms with E-state index in [0.717, 1.165) is 51.5 Å². The molecule has 2 aliphatic carbocycles. The average molecular weight is 348 g/mol. The normalized spacial score (nSPS) is 37.0. The lowest BCUT2D eigenvalue weighted by atomic mass is 9.51. The van der Waals surface area contributed by atoms with Crippen LogP contribution in [-0.4, -0.2) is 62.2 Å². The van der Waals surface area contributed by atoms with Crippen LogP contribution < -0.4 is 10.6 Å². The quantitative estimate of drug-likeness (QED) is 0.599. The SMILES string of the molecule is CCOC1CC(NC(=NC)N2CCCC3(CNC(=O)C3)C2)C12CCC2. The first-order chi connectivity index (χ1) is 12.1. The number of piperidine rings is 1. The van der Waals surface area contributed by atoms with Crippen molar-refractivity contribution in [2.45, 2.75) is 64.0 Å². The molecule has 2 saturated carbocycles. The van der Waals surface area contributed by atoms with Crippen molar-refractivity contribution in [3.05, 3.63) is 0 Å². The number of aliphatic imine (C=N–C) groups is 1. The zero-order valence-corrected chi connectivity index (χ0v) is 15.6. The molecule has 0 aromatic carbocycles. The van der Waals surface area contributed by atoms with E-state index in [1.807, 2.05) is 7.05 Å². The number of nitrogens with one attached hydrogen (secondary N) is 2. The monoisotopic (exact) mass is 348 g/mol. The van der Waals surface area contributed by atoms with Crippen LogP contribution in [0.4, 0.5) is 0 Å². The summed E-state index contributed by atoms with van der Waals surface area (Å²) in [6, 6.07) is 0.484. The van der Waals surface area contributed by atoms with E-state index in [2.05, 4.69) is 27.4 Å². The summed E-state index contributed by atoms with van der Waals surface area (Å²) < 4.78 is 5.98. The standard InChI is InChI=1S/C19H32N4O2/c1-3-25-15-10-14(19(15)7-4-8-19)22-17(20-2)23-9-5-6-18(13-23)11-16(24)21-12-18/h14-15H,3-13H2,1-2H3,(H,20,22)(H,21,24). The number of nitrogens with zero attached hydrogens (tertiary/aromatic N) is 2. The lowest BCUT2D eigenvalue weighted by Crippen LogP contribution is -2.69. The van der Waals surface area contributed by atoms with E-state index in [9.17, 15) is 4.79 Å². The highest BCUT2D eigenvalue weighted by Gasteiger charge is 2.59. The van der Waals surface area contributed by atoms with E-state index in [0.29, 0.717) is 24.0 Å². The molecule has 0 aromatic heterocycles. The van der Waals surface area contributed by atoms with Gasteiger partial charge < -0.3 is 20.3 Å². The lowest BCUT2D eigenvalue weighted by molar-refractivity contribution is -0.169. The highest BCUT2D eigenvalue weighted by atomic mass is 16.5. The Balaban J connectivity index is 1.41. The van der Waals surface area contributed by atoms with Crippen LogP contribution in [0.5, 0.6) is 0 Å². The van der Waals surface area contributed by atoms with Crippen LogP contribution in [0.1, 0.15) is 51.9 Å². The minimum atomic E-state index is 0.106. The maximum Gasteiger partial charge on any atom is 0.220 e. The molecule has 3 atom stereocenters. The van der Waals surface area contributed by atoms with Crippen LogP contribution in [-0.2, 0) is 9.53 Å². The molecule has 0 aromatic rings. The topological polar surface area (TPSA) is 66.0 Å². The number of carbonyl (C=O) groups is 1. The summed E-state index contributed by atoms with van der Waals surface area (Å²) in [7, 11) is 1.88. The van der Waals surface area contributed by atoms with Crippen molar-refractivity contribution in [1.29, 1.82) is 0 Å². The number of hydrogen-bond donors (Lipinski definition) is 2. The minimum absolute atomic E-state index is 0.106.